The lowest BCUT2D eigenvalue weighted by molar-refractivity contribution is 0.306. The van der Waals surface area contributed by atoms with Gasteiger partial charge in [0, 0.05) is 17.6 Å². The Labute approximate surface area is 107 Å². The van der Waals surface area contributed by atoms with E-state index in [2.05, 4.69) is 10.5 Å². The molecule has 1 aromatic carbocycles. The highest BCUT2D eigenvalue weighted by Gasteiger charge is 2.22. The molecule has 0 fully saturated rings. The van der Waals surface area contributed by atoms with Crippen molar-refractivity contribution in [1.82, 2.24) is 0 Å². The maximum absolute atomic E-state index is 13.1. The lowest BCUT2D eigenvalue weighted by Gasteiger charge is -2.23. The van der Waals surface area contributed by atoms with E-state index in [-0.39, 0.29) is 11.7 Å². The van der Waals surface area contributed by atoms with E-state index < -0.39 is 5.41 Å². The molecule has 0 saturated carbocycles. The summed E-state index contributed by atoms with van der Waals surface area (Å²) in [6, 6.07) is 4.62. The highest BCUT2D eigenvalue weighted by atomic mass is 19.1. The smallest absolute Gasteiger partial charge is 0.144 e. The van der Waals surface area contributed by atoms with Crippen LogP contribution in [0.5, 0.6) is 0 Å². The second-order valence-corrected chi connectivity index (χ2v) is 5.01. The minimum Gasteiger partial charge on any atom is -0.409 e. The zero-order valence-electron chi connectivity index (χ0n) is 11.0. The van der Waals surface area contributed by atoms with Crippen molar-refractivity contribution in [3.63, 3.8) is 0 Å². The van der Waals surface area contributed by atoms with Crippen molar-refractivity contribution in [1.29, 1.82) is 0 Å². The van der Waals surface area contributed by atoms with Crippen LogP contribution < -0.4 is 11.1 Å². The normalized spacial score (nSPS) is 12.6. The van der Waals surface area contributed by atoms with E-state index in [1.807, 2.05) is 20.8 Å². The summed E-state index contributed by atoms with van der Waals surface area (Å²) >= 11 is 0. The zero-order valence-corrected chi connectivity index (χ0v) is 11.0. The van der Waals surface area contributed by atoms with E-state index >= 15 is 0 Å². The molecule has 18 heavy (non-hydrogen) atoms. The van der Waals surface area contributed by atoms with Gasteiger partial charge in [-0.15, -0.1) is 0 Å². The summed E-state index contributed by atoms with van der Waals surface area (Å²) in [4.78, 5) is 0. The first-order valence-electron chi connectivity index (χ1n) is 5.85. The summed E-state index contributed by atoms with van der Waals surface area (Å²) in [6.07, 6.45) is 0.679. The van der Waals surface area contributed by atoms with Gasteiger partial charge >= 0.3 is 0 Å². The van der Waals surface area contributed by atoms with Crippen molar-refractivity contribution in [2.75, 3.05) is 11.9 Å². The fourth-order valence-electron chi connectivity index (χ4n) is 1.56. The van der Waals surface area contributed by atoms with Gasteiger partial charge in [0.25, 0.3) is 0 Å². The van der Waals surface area contributed by atoms with Gasteiger partial charge in [-0.05, 0) is 31.0 Å². The molecule has 0 heterocycles. The van der Waals surface area contributed by atoms with Crippen LogP contribution in [0.3, 0.4) is 0 Å². The maximum Gasteiger partial charge on any atom is 0.144 e. The van der Waals surface area contributed by atoms with Crippen LogP contribution in [-0.2, 0) is 0 Å². The first-order valence-corrected chi connectivity index (χ1v) is 5.85. The molecule has 0 bridgehead atoms. The first kappa shape index (κ1) is 14.3. The molecule has 4 N–H and O–H groups in total. The van der Waals surface area contributed by atoms with Crippen LogP contribution in [0, 0.1) is 18.2 Å². The summed E-state index contributed by atoms with van der Waals surface area (Å²) in [5.74, 6) is -0.0703. The molecule has 100 valence electrons. The molecule has 0 radical (unpaired) electrons. The van der Waals surface area contributed by atoms with Crippen LogP contribution in [0.25, 0.3) is 0 Å². The van der Waals surface area contributed by atoms with E-state index in [0.29, 0.717) is 13.0 Å². The highest BCUT2D eigenvalue weighted by Crippen LogP contribution is 2.22. The molecule has 5 heteroatoms. The summed E-state index contributed by atoms with van der Waals surface area (Å²) in [5, 5.41) is 14.8. The van der Waals surface area contributed by atoms with E-state index in [0.717, 1.165) is 11.3 Å². The topological polar surface area (TPSA) is 70.6 Å². The molecular formula is C13H20FN3O. The van der Waals surface area contributed by atoms with Gasteiger partial charge in [-0.3, -0.25) is 0 Å². The Bertz CT molecular complexity index is 444. The predicted octanol–water partition coefficient (Wildman–Crippen LogP) is 2.71. The Kier molecular flexibility index (Phi) is 4.53. The largest absolute Gasteiger partial charge is 0.409 e. The lowest BCUT2D eigenvalue weighted by Crippen LogP contribution is -2.33. The molecule has 1 aromatic rings. The molecular weight excluding hydrogens is 233 g/mol. The fourth-order valence-corrected chi connectivity index (χ4v) is 1.56. The van der Waals surface area contributed by atoms with Gasteiger partial charge in [0.1, 0.15) is 11.7 Å². The third-order valence-electron chi connectivity index (χ3n) is 3.07. The van der Waals surface area contributed by atoms with E-state index in [1.54, 1.807) is 6.07 Å². The van der Waals surface area contributed by atoms with Gasteiger partial charge in [-0.1, -0.05) is 25.1 Å². The van der Waals surface area contributed by atoms with Gasteiger partial charge in [0.2, 0.25) is 0 Å². The standard InChI is InChI=1S/C13H20FN3O/c1-9-4-5-10(14)8-11(9)16-7-6-13(2,3)12(15)17-18/h4-5,8,16,18H,6-7H2,1-3H3,(H2,15,17). The van der Waals surface area contributed by atoms with Gasteiger partial charge in [-0.25, -0.2) is 4.39 Å². The number of nitrogens with one attached hydrogen (secondary N) is 1. The molecule has 0 amide bonds. The highest BCUT2D eigenvalue weighted by molar-refractivity contribution is 5.85. The van der Waals surface area contributed by atoms with Crippen LogP contribution in [0.2, 0.25) is 0 Å². The van der Waals surface area contributed by atoms with Gasteiger partial charge in [0.05, 0.1) is 0 Å². The van der Waals surface area contributed by atoms with E-state index in [9.17, 15) is 4.39 Å². The average Bonchev–Trinajstić information content (AvgIpc) is 2.32. The summed E-state index contributed by atoms with van der Waals surface area (Å²) in [6.45, 7) is 6.31. The van der Waals surface area contributed by atoms with Crippen molar-refractivity contribution in [3.8, 4) is 0 Å². The Morgan fingerprint density at radius 1 is 1.50 bits per heavy atom. The number of aryl methyl sites for hydroxylation is 1. The average molecular weight is 253 g/mol. The molecule has 0 saturated heterocycles. The van der Waals surface area contributed by atoms with Crippen LogP contribution in [0.1, 0.15) is 25.8 Å². The quantitative estimate of drug-likeness (QED) is 0.327. The molecule has 0 spiro atoms. The number of nitrogens with two attached hydrogens (primary N) is 1. The predicted molar refractivity (Wildman–Crippen MR) is 71.4 cm³/mol. The molecule has 0 aromatic heterocycles. The minimum absolute atomic E-state index is 0.195. The second-order valence-electron chi connectivity index (χ2n) is 5.01. The third kappa shape index (κ3) is 3.61. The number of anilines is 1. The number of nitrogens with zero attached hydrogens (tertiary/aromatic N) is 1. The molecule has 0 aliphatic carbocycles. The van der Waals surface area contributed by atoms with Crippen molar-refractivity contribution in [3.05, 3.63) is 29.6 Å². The van der Waals surface area contributed by atoms with Crippen LogP contribution >= 0.6 is 0 Å². The summed E-state index contributed by atoms with van der Waals surface area (Å²) < 4.78 is 13.1. The van der Waals surface area contributed by atoms with Gasteiger partial charge in [0.15, 0.2) is 0 Å². The zero-order chi connectivity index (χ0) is 13.8. The number of hydrogen-bond acceptors (Lipinski definition) is 3. The number of halogens is 1. The monoisotopic (exact) mass is 253 g/mol. The molecule has 0 aliphatic heterocycles. The third-order valence-corrected chi connectivity index (χ3v) is 3.07. The number of oxime groups is 1. The minimum atomic E-state index is -0.400. The fraction of sp³-hybridized carbons (Fsp3) is 0.462. The van der Waals surface area contributed by atoms with Crippen molar-refractivity contribution in [2.24, 2.45) is 16.3 Å². The van der Waals surface area contributed by atoms with E-state index in [4.69, 9.17) is 10.9 Å². The van der Waals surface area contributed by atoms with Crippen LogP contribution in [-0.4, -0.2) is 17.6 Å². The molecule has 1 rings (SSSR count). The van der Waals surface area contributed by atoms with Gasteiger partial charge < -0.3 is 16.3 Å². The van der Waals surface area contributed by atoms with Gasteiger partial charge in [-0.2, -0.15) is 0 Å². The lowest BCUT2D eigenvalue weighted by atomic mass is 9.88. The number of benzene rings is 1. The Hall–Kier alpha value is -1.78. The SMILES string of the molecule is Cc1ccc(F)cc1NCCC(C)(C)C(N)=NO. The van der Waals surface area contributed by atoms with Crippen molar-refractivity contribution >= 4 is 11.5 Å². The molecule has 0 atom stereocenters. The summed E-state index contributed by atoms with van der Waals surface area (Å²) in [5.41, 5.74) is 6.95. The van der Waals surface area contributed by atoms with Crippen LogP contribution in [0.4, 0.5) is 10.1 Å². The summed E-state index contributed by atoms with van der Waals surface area (Å²) in [7, 11) is 0. The van der Waals surface area contributed by atoms with Crippen molar-refractivity contribution < 1.29 is 9.60 Å². The van der Waals surface area contributed by atoms with Crippen LogP contribution in [0.15, 0.2) is 23.4 Å². The number of rotatable bonds is 5. The molecule has 0 aliphatic rings. The molecule has 4 nitrogen and oxygen atoms in total. The number of hydrogen-bond donors (Lipinski definition) is 3. The molecule has 0 unspecified atom stereocenters. The Balaban J connectivity index is 2.59. The van der Waals surface area contributed by atoms with Crippen molar-refractivity contribution in [2.45, 2.75) is 27.2 Å². The Morgan fingerprint density at radius 3 is 2.78 bits per heavy atom. The Morgan fingerprint density at radius 2 is 2.17 bits per heavy atom. The van der Waals surface area contributed by atoms with E-state index in [1.165, 1.54) is 12.1 Å². The number of amidine groups is 1. The second kappa shape index (κ2) is 5.71. The maximum atomic E-state index is 13.1. The first-order chi connectivity index (χ1) is 8.36.